The van der Waals surface area contributed by atoms with E-state index in [2.05, 4.69) is 26.7 Å². The molecule has 0 unspecified atom stereocenters. The summed E-state index contributed by atoms with van der Waals surface area (Å²) in [6.45, 7) is 8.67. The van der Waals surface area contributed by atoms with Gasteiger partial charge in [0.05, 0.1) is 18.5 Å². The van der Waals surface area contributed by atoms with Crippen LogP contribution in [0.1, 0.15) is 25.7 Å². The number of aliphatic imine (C=N–C) groups is 1. The van der Waals surface area contributed by atoms with Crippen molar-refractivity contribution in [1.29, 1.82) is 0 Å². The zero-order chi connectivity index (χ0) is 25.7. The summed E-state index contributed by atoms with van der Waals surface area (Å²) in [6, 6.07) is 4.17. The van der Waals surface area contributed by atoms with Gasteiger partial charge in [-0.05, 0) is 31.1 Å². The number of piperazine rings is 1. The van der Waals surface area contributed by atoms with Crippen LogP contribution in [-0.4, -0.2) is 96.0 Å². The van der Waals surface area contributed by atoms with Crippen molar-refractivity contribution in [3.63, 3.8) is 0 Å². The number of carbonyl (C=O) groups is 1. The molecule has 3 heterocycles. The van der Waals surface area contributed by atoms with Crippen molar-refractivity contribution in [2.75, 3.05) is 63.6 Å². The molecule has 1 saturated heterocycles. The first-order valence-corrected chi connectivity index (χ1v) is 12.6. The molecule has 4 N–H and O–H groups in total. The predicted octanol–water partition coefficient (Wildman–Crippen LogP) is 1.55. The summed E-state index contributed by atoms with van der Waals surface area (Å²) < 4.78 is 0. The van der Waals surface area contributed by atoms with Crippen molar-refractivity contribution in [3.05, 3.63) is 54.3 Å². The Kier molecular flexibility index (Phi) is 8.27. The first kappa shape index (κ1) is 25.7. The van der Waals surface area contributed by atoms with Gasteiger partial charge in [-0.25, -0.2) is 9.98 Å². The summed E-state index contributed by atoms with van der Waals surface area (Å²) in [5, 5.41) is 12.3. The zero-order valence-corrected chi connectivity index (χ0v) is 21.4. The molecule has 36 heavy (non-hydrogen) atoms. The molecule has 1 saturated carbocycles. The summed E-state index contributed by atoms with van der Waals surface area (Å²) in [7, 11) is 3.50. The Balaban J connectivity index is 1.46. The minimum absolute atomic E-state index is 0.0699. The maximum atomic E-state index is 12.9. The van der Waals surface area contributed by atoms with Crippen molar-refractivity contribution in [1.82, 2.24) is 19.7 Å². The van der Waals surface area contributed by atoms with Crippen LogP contribution in [0.5, 0.6) is 0 Å². The Morgan fingerprint density at radius 1 is 1.28 bits per heavy atom. The van der Waals surface area contributed by atoms with Gasteiger partial charge < -0.3 is 30.9 Å². The molecule has 0 spiro atoms. The van der Waals surface area contributed by atoms with E-state index in [4.69, 9.17) is 15.8 Å². The van der Waals surface area contributed by atoms with Crippen molar-refractivity contribution in [2.24, 2.45) is 10.7 Å². The second-order valence-electron chi connectivity index (χ2n) is 9.62. The van der Waals surface area contributed by atoms with Crippen LogP contribution < -0.4 is 16.0 Å². The lowest BCUT2D eigenvalue weighted by atomic mass is 10.2. The molecule has 194 valence electrons. The Hall–Kier alpha value is -3.37. The molecule has 10 nitrogen and oxygen atoms in total. The summed E-state index contributed by atoms with van der Waals surface area (Å²) in [6.07, 6.45) is 9.44. The lowest BCUT2D eigenvalue weighted by molar-refractivity contribution is -0.126. The molecule has 2 fully saturated rings. The van der Waals surface area contributed by atoms with Gasteiger partial charge in [0, 0.05) is 64.6 Å². The van der Waals surface area contributed by atoms with Gasteiger partial charge >= 0.3 is 0 Å². The number of anilines is 2. The fourth-order valence-electron chi connectivity index (χ4n) is 5.02. The third-order valence-corrected chi connectivity index (χ3v) is 6.95. The second-order valence-corrected chi connectivity index (χ2v) is 9.62. The van der Waals surface area contributed by atoms with Gasteiger partial charge in [-0.15, -0.1) is 0 Å². The second kappa shape index (κ2) is 11.6. The molecule has 1 amide bonds. The fourth-order valence-corrected chi connectivity index (χ4v) is 5.02. The van der Waals surface area contributed by atoms with Gasteiger partial charge in [-0.1, -0.05) is 19.4 Å². The van der Waals surface area contributed by atoms with Gasteiger partial charge in [-0.2, -0.15) is 0 Å². The molecule has 1 aromatic rings. The number of aromatic nitrogens is 1. The number of β-amino-alcohol motifs (C(OH)–C–C–N with tert-alkyl or cyclic N) is 1. The van der Waals surface area contributed by atoms with Gasteiger partial charge in [0.15, 0.2) is 0 Å². The average molecular weight is 495 g/mol. The van der Waals surface area contributed by atoms with Crippen molar-refractivity contribution in [3.8, 4) is 0 Å². The highest BCUT2D eigenvalue weighted by Crippen LogP contribution is 2.34. The molecule has 4 rings (SSSR count). The molecule has 1 aromatic heterocycles. The van der Waals surface area contributed by atoms with Crippen LogP contribution in [0.15, 0.2) is 59.3 Å². The van der Waals surface area contributed by atoms with Crippen LogP contribution in [0.25, 0.3) is 0 Å². The molecular weight excluding hydrogens is 456 g/mol. The lowest BCUT2D eigenvalue weighted by Crippen LogP contribution is -2.47. The van der Waals surface area contributed by atoms with E-state index >= 15 is 0 Å². The number of aliphatic hydroxyl groups is 1. The number of rotatable bonds is 8. The smallest absolute Gasteiger partial charge is 0.270 e. The normalized spacial score (nSPS) is 21.4. The number of nitrogens with one attached hydrogen (secondary N) is 1. The third-order valence-electron chi connectivity index (χ3n) is 6.95. The van der Waals surface area contributed by atoms with Crippen LogP contribution in [0, 0.1) is 0 Å². The van der Waals surface area contributed by atoms with E-state index in [1.807, 2.05) is 29.3 Å². The maximum Gasteiger partial charge on any atom is 0.270 e. The van der Waals surface area contributed by atoms with E-state index in [9.17, 15) is 4.79 Å². The number of likely N-dealkylation sites (N-methyl/N-ethyl adjacent to an activating group) is 1. The topological polar surface area (TPSA) is 114 Å². The van der Waals surface area contributed by atoms with Gasteiger partial charge in [-0.3, -0.25) is 9.69 Å². The van der Waals surface area contributed by atoms with Crippen LogP contribution in [0.4, 0.5) is 11.5 Å². The number of aliphatic hydroxyl groups excluding tert-OH is 1. The van der Waals surface area contributed by atoms with Crippen LogP contribution >= 0.6 is 0 Å². The van der Waals surface area contributed by atoms with Crippen LogP contribution in [0.2, 0.25) is 0 Å². The van der Waals surface area contributed by atoms with Gasteiger partial charge in [0.25, 0.3) is 5.91 Å². The van der Waals surface area contributed by atoms with Gasteiger partial charge in [0.2, 0.25) is 0 Å². The average Bonchev–Trinajstić information content (AvgIpc) is 3.52. The molecular formula is C26H38N8O2. The minimum atomic E-state index is -0.0699. The minimum Gasteiger partial charge on any atom is -0.404 e. The van der Waals surface area contributed by atoms with E-state index in [0.29, 0.717) is 28.7 Å². The molecule has 1 aliphatic carbocycles. The first-order chi connectivity index (χ1) is 17.4. The van der Waals surface area contributed by atoms with Crippen LogP contribution in [0.3, 0.4) is 0 Å². The van der Waals surface area contributed by atoms with E-state index in [1.165, 1.54) is 6.20 Å². The predicted molar refractivity (Wildman–Crippen MR) is 143 cm³/mol. The quantitative estimate of drug-likeness (QED) is 0.499. The summed E-state index contributed by atoms with van der Waals surface area (Å²) in [5.74, 6) is 1.65. The lowest BCUT2D eigenvalue weighted by Gasteiger charge is -2.35. The maximum absolute atomic E-state index is 12.9. The SMILES string of the molecule is C=C(/N=C1\C(=C/N)C=C(C(=O)N(C)C)N1C1CCCC1)Nc1ccc(N2CCN(CCO)CC2)cn1. The van der Waals surface area contributed by atoms with E-state index in [-0.39, 0.29) is 18.6 Å². The summed E-state index contributed by atoms with van der Waals surface area (Å²) in [4.78, 5) is 30.4. The van der Waals surface area contributed by atoms with E-state index in [1.54, 1.807) is 19.0 Å². The number of amidine groups is 1. The first-order valence-electron chi connectivity index (χ1n) is 12.6. The standard InChI is InChI=1S/C26H38N8O2/c1-19(29-24-9-8-22(18-28-24)33-12-10-32(11-13-33)14-15-35)30-25-20(17-27)16-23(26(36)31(2)3)34(25)21-6-4-5-7-21/h8-9,16-18,21,35H,1,4-7,10-15,27H2,2-3H3,(H,28,29)/b20-17-,30-25+. The highest BCUT2D eigenvalue weighted by Gasteiger charge is 2.37. The number of nitrogens with zero attached hydrogens (tertiary/aromatic N) is 6. The van der Waals surface area contributed by atoms with Crippen molar-refractivity contribution >= 4 is 23.2 Å². The number of hydrogen-bond donors (Lipinski definition) is 3. The highest BCUT2D eigenvalue weighted by atomic mass is 16.3. The van der Waals surface area contributed by atoms with Gasteiger partial charge in [0.1, 0.15) is 23.2 Å². The monoisotopic (exact) mass is 494 g/mol. The van der Waals surface area contributed by atoms with E-state index < -0.39 is 0 Å². The summed E-state index contributed by atoms with van der Waals surface area (Å²) in [5.41, 5.74) is 8.31. The van der Waals surface area contributed by atoms with Crippen molar-refractivity contribution in [2.45, 2.75) is 31.7 Å². The largest absolute Gasteiger partial charge is 0.404 e. The highest BCUT2D eigenvalue weighted by molar-refractivity contribution is 6.12. The molecule has 2 aliphatic heterocycles. The molecule has 0 radical (unpaired) electrons. The molecule has 10 heteroatoms. The summed E-state index contributed by atoms with van der Waals surface area (Å²) >= 11 is 0. The number of hydrogen-bond acceptors (Lipinski definition) is 8. The third kappa shape index (κ3) is 5.71. The number of amides is 1. The number of pyridine rings is 1. The Morgan fingerprint density at radius 3 is 2.58 bits per heavy atom. The number of nitrogens with two attached hydrogens (primary N) is 1. The molecule has 0 bridgehead atoms. The molecule has 3 aliphatic rings. The molecule has 0 atom stereocenters. The molecule has 0 aromatic carbocycles. The van der Waals surface area contributed by atoms with Crippen LogP contribution in [-0.2, 0) is 4.79 Å². The Morgan fingerprint density at radius 2 is 2.00 bits per heavy atom. The number of carbonyl (C=O) groups excluding carboxylic acids is 1. The fraction of sp³-hybridized carbons (Fsp3) is 0.500. The van der Waals surface area contributed by atoms with E-state index in [0.717, 1.165) is 64.1 Å². The Labute approximate surface area is 213 Å². The van der Waals surface area contributed by atoms with Crippen molar-refractivity contribution < 1.29 is 9.90 Å². The Bertz CT molecular complexity index is 1030. The zero-order valence-electron chi connectivity index (χ0n) is 21.4.